The molecule has 3 rings (SSSR count). The first-order chi connectivity index (χ1) is 13.1. The van der Waals surface area contributed by atoms with Crippen LogP contribution >= 0.6 is 11.6 Å². The van der Waals surface area contributed by atoms with E-state index >= 15 is 0 Å². The summed E-state index contributed by atoms with van der Waals surface area (Å²) < 4.78 is 5.50. The van der Waals surface area contributed by atoms with Gasteiger partial charge in [-0.1, -0.05) is 48.0 Å². The Morgan fingerprint density at radius 3 is 2.63 bits per heavy atom. The Balaban J connectivity index is 1.43. The maximum absolute atomic E-state index is 11.9. The molecule has 7 heteroatoms. The molecule has 0 saturated heterocycles. The molecule has 0 aliphatic rings. The number of nitrogens with zero attached hydrogens (tertiary/aromatic N) is 2. The summed E-state index contributed by atoms with van der Waals surface area (Å²) in [6.45, 7) is 2.52. The van der Waals surface area contributed by atoms with Crippen molar-refractivity contribution < 1.29 is 9.53 Å². The fourth-order valence-corrected chi connectivity index (χ4v) is 2.55. The summed E-state index contributed by atoms with van der Waals surface area (Å²) in [5, 5.41) is 14.1. The van der Waals surface area contributed by atoms with E-state index < -0.39 is 0 Å². The highest BCUT2D eigenvalue weighted by Gasteiger charge is 2.06. The van der Waals surface area contributed by atoms with Gasteiger partial charge in [0, 0.05) is 11.6 Å². The van der Waals surface area contributed by atoms with Crippen LogP contribution in [0.3, 0.4) is 0 Å². The van der Waals surface area contributed by atoms with Crippen LogP contribution in [0.5, 0.6) is 5.88 Å². The molecule has 3 aromatic rings. The summed E-state index contributed by atoms with van der Waals surface area (Å²) in [4.78, 5) is 11.9. The third kappa shape index (κ3) is 5.43. The first-order valence-corrected chi connectivity index (χ1v) is 8.82. The number of carbonyl (C=O) groups is 1. The second-order valence-electron chi connectivity index (χ2n) is 5.84. The summed E-state index contributed by atoms with van der Waals surface area (Å²) in [6, 6.07) is 18.4. The van der Waals surface area contributed by atoms with Crippen molar-refractivity contribution in [2.45, 2.75) is 6.92 Å². The van der Waals surface area contributed by atoms with Crippen molar-refractivity contribution in [3.8, 4) is 17.1 Å². The highest BCUT2D eigenvalue weighted by atomic mass is 35.5. The predicted octanol–water partition coefficient (Wildman–Crippen LogP) is 4.31. The van der Waals surface area contributed by atoms with Crippen molar-refractivity contribution >= 4 is 23.3 Å². The van der Waals surface area contributed by atoms with Crippen molar-refractivity contribution in [2.75, 3.05) is 18.5 Å². The van der Waals surface area contributed by atoms with Crippen LogP contribution < -0.4 is 15.4 Å². The number of amides is 2. The van der Waals surface area contributed by atoms with E-state index in [2.05, 4.69) is 20.8 Å². The highest BCUT2D eigenvalue weighted by Crippen LogP contribution is 2.22. The zero-order chi connectivity index (χ0) is 19.1. The fourth-order valence-electron chi connectivity index (χ4n) is 2.38. The fraction of sp³-hybridized carbons (Fsp3) is 0.150. The molecule has 0 bridgehead atoms. The molecule has 27 heavy (non-hydrogen) atoms. The Bertz CT molecular complexity index is 902. The second-order valence-corrected chi connectivity index (χ2v) is 6.24. The van der Waals surface area contributed by atoms with Crippen LogP contribution in [0.15, 0.2) is 60.7 Å². The Kier molecular flexibility index (Phi) is 6.22. The molecule has 138 valence electrons. The summed E-state index contributed by atoms with van der Waals surface area (Å²) in [6.07, 6.45) is 0. The van der Waals surface area contributed by atoms with E-state index in [-0.39, 0.29) is 12.6 Å². The molecule has 6 nitrogen and oxygen atoms in total. The van der Waals surface area contributed by atoms with Gasteiger partial charge in [-0.15, -0.1) is 10.2 Å². The number of rotatable bonds is 6. The standard InChI is InChI=1S/C20H19ClN4O2/c1-14-7-8-16(21)18(13-14)23-20(26)22-11-12-27-19-10-9-17(24-25-19)15-5-3-2-4-6-15/h2-10,13H,11-12H2,1H3,(H2,22,23,26). The van der Waals surface area contributed by atoms with Crippen molar-refractivity contribution in [1.82, 2.24) is 15.5 Å². The third-order valence-electron chi connectivity index (χ3n) is 3.72. The number of hydrogen-bond acceptors (Lipinski definition) is 4. The van der Waals surface area contributed by atoms with E-state index in [4.69, 9.17) is 16.3 Å². The zero-order valence-electron chi connectivity index (χ0n) is 14.8. The molecule has 0 aliphatic heterocycles. The number of ether oxygens (including phenoxy) is 1. The van der Waals surface area contributed by atoms with E-state index in [9.17, 15) is 4.79 Å². The molecule has 2 amide bonds. The number of nitrogens with one attached hydrogen (secondary N) is 2. The minimum atomic E-state index is -0.350. The summed E-state index contributed by atoms with van der Waals surface area (Å²) in [5.41, 5.74) is 3.34. The highest BCUT2D eigenvalue weighted by molar-refractivity contribution is 6.33. The largest absolute Gasteiger partial charge is 0.475 e. The van der Waals surface area contributed by atoms with Gasteiger partial charge in [0.25, 0.3) is 0 Å². The number of benzene rings is 2. The molecule has 2 aromatic carbocycles. The third-order valence-corrected chi connectivity index (χ3v) is 4.05. The molecular formula is C20H19ClN4O2. The molecule has 1 aromatic heterocycles. The minimum absolute atomic E-state index is 0.272. The predicted molar refractivity (Wildman–Crippen MR) is 106 cm³/mol. The van der Waals surface area contributed by atoms with Gasteiger partial charge in [-0.2, -0.15) is 0 Å². The lowest BCUT2D eigenvalue weighted by atomic mass is 10.1. The SMILES string of the molecule is Cc1ccc(Cl)c(NC(=O)NCCOc2ccc(-c3ccccc3)nn2)c1. The van der Waals surface area contributed by atoms with E-state index in [0.717, 1.165) is 16.8 Å². The van der Waals surface area contributed by atoms with Gasteiger partial charge in [0.2, 0.25) is 5.88 Å². The second kappa shape index (κ2) is 9.00. The maximum atomic E-state index is 11.9. The summed E-state index contributed by atoms with van der Waals surface area (Å²) >= 11 is 6.06. The number of anilines is 1. The first kappa shape index (κ1) is 18.7. The molecule has 0 aliphatic carbocycles. The minimum Gasteiger partial charge on any atom is -0.475 e. The van der Waals surface area contributed by atoms with Gasteiger partial charge in [-0.05, 0) is 30.7 Å². The monoisotopic (exact) mass is 382 g/mol. The average molecular weight is 383 g/mol. The van der Waals surface area contributed by atoms with Crippen LogP contribution in [0.4, 0.5) is 10.5 Å². The first-order valence-electron chi connectivity index (χ1n) is 8.45. The molecule has 2 N–H and O–H groups in total. The summed E-state index contributed by atoms with van der Waals surface area (Å²) in [7, 11) is 0. The lowest BCUT2D eigenvalue weighted by Gasteiger charge is -2.10. The maximum Gasteiger partial charge on any atom is 0.319 e. The molecule has 1 heterocycles. The molecular weight excluding hydrogens is 364 g/mol. The normalized spacial score (nSPS) is 10.3. The topological polar surface area (TPSA) is 76.1 Å². The van der Waals surface area contributed by atoms with Gasteiger partial charge in [-0.3, -0.25) is 0 Å². The van der Waals surface area contributed by atoms with E-state index in [1.807, 2.05) is 55.5 Å². The molecule has 0 spiro atoms. The molecule has 0 atom stereocenters. The van der Waals surface area contributed by atoms with Gasteiger partial charge < -0.3 is 15.4 Å². The van der Waals surface area contributed by atoms with Crippen molar-refractivity contribution in [1.29, 1.82) is 0 Å². The lowest BCUT2D eigenvalue weighted by molar-refractivity contribution is 0.246. The van der Waals surface area contributed by atoms with Crippen LogP contribution in [0.2, 0.25) is 5.02 Å². The average Bonchev–Trinajstić information content (AvgIpc) is 2.69. The van der Waals surface area contributed by atoms with Crippen LogP contribution in [-0.2, 0) is 0 Å². The van der Waals surface area contributed by atoms with Crippen LogP contribution in [-0.4, -0.2) is 29.4 Å². The lowest BCUT2D eigenvalue weighted by Crippen LogP contribution is -2.32. The number of hydrogen-bond donors (Lipinski definition) is 2. The number of aryl methyl sites for hydroxylation is 1. The smallest absolute Gasteiger partial charge is 0.319 e. The Morgan fingerprint density at radius 2 is 1.89 bits per heavy atom. The van der Waals surface area contributed by atoms with Gasteiger partial charge in [-0.25, -0.2) is 4.79 Å². The summed E-state index contributed by atoms with van der Waals surface area (Å²) in [5.74, 6) is 0.401. The molecule has 0 saturated carbocycles. The van der Waals surface area contributed by atoms with E-state index in [1.165, 1.54) is 0 Å². The van der Waals surface area contributed by atoms with Gasteiger partial charge in [0.05, 0.1) is 22.9 Å². The van der Waals surface area contributed by atoms with Crippen molar-refractivity contribution in [3.05, 3.63) is 71.2 Å². The van der Waals surface area contributed by atoms with Gasteiger partial charge in [0.15, 0.2) is 0 Å². The van der Waals surface area contributed by atoms with Gasteiger partial charge >= 0.3 is 6.03 Å². The van der Waals surface area contributed by atoms with Crippen molar-refractivity contribution in [2.24, 2.45) is 0 Å². The zero-order valence-corrected chi connectivity index (χ0v) is 15.5. The van der Waals surface area contributed by atoms with Crippen molar-refractivity contribution in [3.63, 3.8) is 0 Å². The molecule has 0 fully saturated rings. The van der Waals surface area contributed by atoms with Crippen LogP contribution in [0.25, 0.3) is 11.3 Å². The van der Waals surface area contributed by atoms with Crippen LogP contribution in [0, 0.1) is 6.92 Å². The Labute approximate surface area is 162 Å². The number of halogens is 1. The van der Waals surface area contributed by atoms with E-state index in [1.54, 1.807) is 12.1 Å². The number of carbonyl (C=O) groups excluding carboxylic acids is 1. The molecule has 0 unspecified atom stereocenters. The molecule has 0 radical (unpaired) electrons. The number of aromatic nitrogens is 2. The number of urea groups is 1. The van der Waals surface area contributed by atoms with E-state index in [0.29, 0.717) is 23.1 Å². The van der Waals surface area contributed by atoms with Crippen LogP contribution in [0.1, 0.15) is 5.56 Å². The Morgan fingerprint density at radius 1 is 1.07 bits per heavy atom. The quantitative estimate of drug-likeness (QED) is 0.623. The van der Waals surface area contributed by atoms with Gasteiger partial charge in [0.1, 0.15) is 6.61 Å². The Hall–Kier alpha value is -3.12.